The van der Waals surface area contributed by atoms with Gasteiger partial charge in [-0.3, -0.25) is 14.5 Å². The van der Waals surface area contributed by atoms with Crippen LogP contribution in [0.5, 0.6) is 0 Å². The van der Waals surface area contributed by atoms with Crippen LogP contribution in [-0.4, -0.2) is 49.1 Å². The molecular weight excluding hydrogens is 383 g/mol. The van der Waals surface area contributed by atoms with Crippen molar-refractivity contribution in [3.05, 3.63) is 34.6 Å². The van der Waals surface area contributed by atoms with Gasteiger partial charge >= 0.3 is 5.97 Å². The van der Waals surface area contributed by atoms with Gasteiger partial charge in [-0.2, -0.15) is 0 Å². The smallest absolute Gasteiger partial charge is 0.320 e. The second-order valence-electron chi connectivity index (χ2n) is 8.68. The molecule has 4 rings (SSSR count). The number of amides is 1. The number of carbonyl (C=O) groups is 2. The van der Waals surface area contributed by atoms with Gasteiger partial charge in [0, 0.05) is 30.2 Å². The Hall–Kier alpha value is -1.66. The van der Waals surface area contributed by atoms with Crippen LogP contribution in [0.4, 0.5) is 4.39 Å². The fourth-order valence-electron chi connectivity index (χ4n) is 5.02. The van der Waals surface area contributed by atoms with Crippen molar-refractivity contribution in [2.45, 2.75) is 44.6 Å². The van der Waals surface area contributed by atoms with Crippen LogP contribution in [0, 0.1) is 17.2 Å². The highest BCUT2D eigenvalue weighted by Crippen LogP contribution is 2.51. The van der Waals surface area contributed by atoms with Crippen LogP contribution >= 0.6 is 11.6 Å². The third kappa shape index (κ3) is 4.49. The Morgan fingerprint density at radius 3 is 2.61 bits per heavy atom. The van der Waals surface area contributed by atoms with Gasteiger partial charge < -0.3 is 10.1 Å². The number of hydrogen-bond donors (Lipinski definition) is 1. The van der Waals surface area contributed by atoms with E-state index in [9.17, 15) is 14.0 Å². The zero-order valence-corrected chi connectivity index (χ0v) is 16.6. The van der Waals surface area contributed by atoms with Crippen molar-refractivity contribution in [3.63, 3.8) is 0 Å². The first-order valence-corrected chi connectivity index (χ1v) is 10.4. The molecule has 7 heteroatoms. The quantitative estimate of drug-likeness (QED) is 0.733. The van der Waals surface area contributed by atoms with Gasteiger partial charge in [-0.05, 0) is 68.1 Å². The molecule has 1 saturated heterocycles. The highest BCUT2D eigenvalue weighted by Gasteiger charge is 2.52. The van der Waals surface area contributed by atoms with E-state index in [1.165, 1.54) is 18.2 Å². The summed E-state index contributed by atoms with van der Waals surface area (Å²) in [7, 11) is 0. The molecule has 2 saturated carbocycles. The van der Waals surface area contributed by atoms with E-state index in [2.05, 4.69) is 10.2 Å². The second-order valence-corrected chi connectivity index (χ2v) is 9.12. The lowest BCUT2D eigenvalue weighted by Gasteiger charge is -2.59. The monoisotopic (exact) mass is 408 g/mol. The maximum Gasteiger partial charge on any atom is 0.320 e. The maximum absolute atomic E-state index is 13.4. The van der Waals surface area contributed by atoms with Gasteiger partial charge in [-0.1, -0.05) is 11.6 Å². The topological polar surface area (TPSA) is 58.6 Å². The maximum atomic E-state index is 13.4. The van der Waals surface area contributed by atoms with Crippen molar-refractivity contribution in [1.29, 1.82) is 0 Å². The average molecular weight is 409 g/mol. The summed E-state index contributed by atoms with van der Waals surface area (Å²) in [5, 5.41) is 3.09. The molecule has 0 radical (unpaired) electrons. The minimum Gasteiger partial charge on any atom is -0.461 e. The number of esters is 1. The van der Waals surface area contributed by atoms with Crippen LogP contribution in [0.1, 0.15) is 48.9 Å². The number of benzene rings is 1. The molecule has 5 nitrogen and oxygen atoms in total. The summed E-state index contributed by atoms with van der Waals surface area (Å²) >= 11 is 5.80. The van der Waals surface area contributed by atoms with Gasteiger partial charge in [0.2, 0.25) is 0 Å². The lowest BCUT2D eigenvalue weighted by atomic mass is 9.57. The standard InChI is InChI=1S/C21H26ClFN2O3/c22-16-5-15(6-17(23)7-16)20(27)24-10-14-8-21(9-14)12-25(13-21)11-19(26)28-18-3-1-2-4-18/h5-7,14,18H,1-4,8-13H2,(H,24,27). The van der Waals surface area contributed by atoms with Crippen molar-refractivity contribution in [2.24, 2.45) is 11.3 Å². The zero-order chi connectivity index (χ0) is 19.7. The molecule has 1 aromatic rings. The molecule has 0 unspecified atom stereocenters. The summed E-state index contributed by atoms with van der Waals surface area (Å²) in [6.07, 6.45) is 6.56. The van der Waals surface area contributed by atoms with Crippen LogP contribution in [-0.2, 0) is 9.53 Å². The van der Waals surface area contributed by atoms with Gasteiger partial charge in [0.15, 0.2) is 0 Å². The molecule has 1 amide bonds. The van der Waals surface area contributed by atoms with Crippen LogP contribution in [0.25, 0.3) is 0 Å². The Morgan fingerprint density at radius 1 is 1.21 bits per heavy atom. The molecule has 152 valence electrons. The largest absolute Gasteiger partial charge is 0.461 e. The summed E-state index contributed by atoms with van der Waals surface area (Å²) in [5.74, 6) is -0.479. The first-order chi connectivity index (χ1) is 13.4. The van der Waals surface area contributed by atoms with Crippen LogP contribution in [0.15, 0.2) is 18.2 Å². The predicted octanol–water partition coefficient (Wildman–Crippen LogP) is 3.41. The number of hydrogen-bond acceptors (Lipinski definition) is 4. The summed E-state index contributed by atoms with van der Waals surface area (Å²) < 4.78 is 18.9. The number of nitrogens with one attached hydrogen (secondary N) is 1. The molecule has 2 aliphatic carbocycles. The number of halogens is 2. The Bertz CT molecular complexity index is 732. The summed E-state index contributed by atoms with van der Waals surface area (Å²) in [6.45, 7) is 2.83. The van der Waals surface area contributed by atoms with E-state index in [1.807, 2.05) is 0 Å². The Balaban J connectivity index is 1.14. The molecule has 3 fully saturated rings. The van der Waals surface area contributed by atoms with Gasteiger partial charge in [0.25, 0.3) is 5.91 Å². The van der Waals surface area contributed by atoms with Crippen molar-refractivity contribution in [2.75, 3.05) is 26.2 Å². The molecule has 0 bridgehead atoms. The molecule has 1 N–H and O–H groups in total. The average Bonchev–Trinajstić information content (AvgIpc) is 3.06. The fourth-order valence-corrected chi connectivity index (χ4v) is 5.24. The number of rotatable bonds is 6. The third-order valence-corrected chi connectivity index (χ3v) is 6.41. The van der Waals surface area contributed by atoms with Crippen molar-refractivity contribution < 1.29 is 18.7 Å². The van der Waals surface area contributed by atoms with Crippen molar-refractivity contribution in [1.82, 2.24) is 10.2 Å². The van der Waals surface area contributed by atoms with E-state index in [0.717, 1.165) is 51.6 Å². The third-order valence-electron chi connectivity index (χ3n) is 6.19. The minimum atomic E-state index is -0.513. The second kappa shape index (κ2) is 7.99. The van der Waals surface area contributed by atoms with Crippen LogP contribution in [0.3, 0.4) is 0 Å². The first-order valence-electron chi connectivity index (χ1n) is 10.1. The molecule has 1 heterocycles. The van der Waals surface area contributed by atoms with Crippen LogP contribution in [0.2, 0.25) is 5.02 Å². The van der Waals surface area contributed by atoms with Gasteiger partial charge in [-0.15, -0.1) is 0 Å². The molecule has 1 spiro atoms. The number of ether oxygens (including phenoxy) is 1. The normalized spacial score (nSPS) is 21.9. The van der Waals surface area contributed by atoms with Crippen molar-refractivity contribution >= 4 is 23.5 Å². The van der Waals surface area contributed by atoms with Gasteiger partial charge in [-0.25, -0.2) is 4.39 Å². The predicted molar refractivity (Wildman–Crippen MR) is 104 cm³/mol. The number of carbonyl (C=O) groups excluding carboxylic acids is 2. The van der Waals surface area contributed by atoms with E-state index >= 15 is 0 Å². The summed E-state index contributed by atoms with van der Waals surface area (Å²) in [6, 6.07) is 3.84. The lowest BCUT2D eigenvalue weighted by Crippen LogP contribution is -2.64. The van der Waals surface area contributed by atoms with Crippen LogP contribution < -0.4 is 5.32 Å². The van der Waals surface area contributed by atoms with E-state index in [1.54, 1.807) is 0 Å². The molecule has 28 heavy (non-hydrogen) atoms. The highest BCUT2D eigenvalue weighted by atomic mass is 35.5. The molecule has 3 aliphatic rings. The van der Waals surface area contributed by atoms with E-state index < -0.39 is 5.82 Å². The molecule has 1 aliphatic heterocycles. The van der Waals surface area contributed by atoms with E-state index in [4.69, 9.17) is 16.3 Å². The molecular formula is C21H26ClFN2O3. The first kappa shape index (κ1) is 19.6. The Labute approximate surface area is 169 Å². The van der Waals surface area contributed by atoms with E-state index in [0.29, 0.717) is 24.4 Å². The lowest BCUT2D eigenvalue weighted by molar-refractivity contribution is -0.157. The highest BCUT2D eigenvalue weighted by molar-refractivity contribution is 6.31. The summed E-state index contributed by atoms with van der Waals surface area (Å²) in [4.78, 5) is 26.3. The van der Waals surface area contributed by atoms with Gasteiger partial charge in [0.05, 0.1) is 6.54 Å². The molecule has 1 aromatic carbocycles. The number of nitrogens with zero attached hydrogens (tertiary/aromatic N) is 1. The fraction of sp³-hybridized carbons (Fsp3) is 0.619. The Morgan fingerprint density at radius 2 is 1.93 bits per heavy atom. The number of likely N-dealkylation sites (tertiary alicyclic amines) is 1. The van der Waals surface area contributed by atoms with Gasteiger partial charge in [0.1, 0.15) is 11.9 Å². The molecule has 0 aromatic heterocycles. The van der Waals surface area contributed by atoms with Crippen molar-refractivity contribution in [3.8, 4) is 0 Å². The summed E-state index contributed by atoms with van der Waals surface area (Å²) in [5.41, 5.74) is 0.542. The zero-order valence-electron chi connectivity index (χ0n) is 15.9. The van der Waals surface area contributed by atoms with E-state index in [-0.39, 0.29) is 28.6 Å². The molecule has 0 atom stereocenters. The Kier molecular flexibility index (Phi) is 5.61. The SMILES string of the molecule is O=C(CN1CC2(CC(CNC(=O)c3cc(F)cc(Cl)c3)C2)C1)OC1CCCC1. The minimum absolute atomic E-state index is 0.0985.